The highest BCUT2D eigenvalue weighted by Gasteiger charge is 2.15. The van der Waals surface area contributed by atoms with E-state index in [4.69, 9.17) is 0 Å². The van der Waals surface area contributed by atoms with Crippen molar-refractivity contribution in [3.8, 4) is 0 Å². The lowest BCUT2D eigenvalue weighted by molar-refractivity contribution is 0.426. The van der Waals surface area contributed by atoms with Gasteiger partial charge in [0.1, 0.15) is 0 Å². The zero-order chi connectivity index (χ0) is 13.5. The minimum Gasteiger partial charge on any atom is -0.303 e. The summed E-state index contributed by atoms with van der Waals surface area (Å²) in [5, 5.41) is 3.79. The van der Waals surface area contributed by atoms with E-state index in [9.17, 15) is 0 Å². The molecule has 0 saturated heterocycles. The lowest BCUT2D eigenvalue weighted by atomic mass is 9.99. The minimum atomic E-state index is 0.423. The zero-order valence-corrected chi connectivity index (χ0v) is 11.8. The predicted octanol–water partition coefficient (Wildman–Crippen LogP) is 4.88. The van der Waals surface area contributed by atoms with Gasteiger partial charge >= 0.3 is 0 Å². The molecule has 1 N–H and O–H groups in total. The topological polar surface area (TPSA) is 12.0 Å². The van der Waals surface area contributed by atoms with Crippen LogP contribution in [0.4, 0.5) is 0 Å². The van der Waals surface area contributed by atoms with Gasteiger partial charge in [0.2, 0.25) is 0 Å². The molecule has 0 bridgehead atoms. The van der Waals surface area contributed by atoms with Crippen molar-refractivity contribution in [2.45, 2.75) is 38.8 Å². The minimum absolute atomic E-state index is 0.423. The highest BCUT2D eigenvalue weighted by Crippen LogP contribution is 2.24. The molecule has 19 heavy (non-hydrogen) atoms. The summed E-state index contributed by atoms with van der Waals surface area (Å²) in [6, 6.07) is 22.3. The van der Waals surface area contributed by atoms with Gasteiger partial charge in [-0.05, 0) is 24.0 Å². The molecule has 2 rings (SSSR count). The van der Waals surface area contributed by atoms with Crippen LogP contribution in [-0.4, -0.2) is 0 Å². The molecule has 2 atom stereocenters. The fraction of sp³-hybridized carbons (Fsp3) is 0.333. The first kappa shape index (κ1) is 13.8. The third kappa shape index (κ3) is 3.68. The maximum atomic E-state index is 3.79. The molecule has 1 heteroatoms. The summed E-state index contributed by atoms with van der Waals surface area (Å²) in [5.74, 6) is 0. The molecule has 0 aliphatic rings. The number of hydrogen-bond donors (Lipinski definition) is 1. The number of rotatable bonds is 6. The Balaban J connectivity index is 2.13. The Hall–Kier alpha value is -1.60. The molecule has 0 aromatic heterocycles. The fourth-order valence-electron chi connectivity index (χ4n) is 2.51. The van der Waals surface area contributed by atoms with Crippen LogP contribution in [0.1, 0.15) is 49.9 Å². The van der Waals surface area contributed by atoms with Gasteiger partial charge in [0.05, 0.1) is 0 Å². The molecular weight excluding hydrogens is 230 g/mol. The Labute approximate surface area is 116 Å². The third-order valence-corrected chi connectivity index (χ3v) is 3.62. The Bertz CT molecular complexity index is 418. The molecular formula is C18H23N. The average Bonchev–Trinajstić information content (AvgIpc) is 2.50. The molecule has 0 spiro atoms. The van der Waals surface area contributed by atoms with E-state index >= 15 is 0 Å². The highest BCUT2D eigenvalue weighted by molar-refractivity contribution is 5.22. The standard InChI is InChI=1S/C18H23N/c1-3-17(15-11-7-5-8-12-15)19-18(4-2)16-13-9-6-10-14-16/h5-14,17-19H,3-4H2,1-2H3/t17-,18-/m1/s1. The first-order valence-electron chi connectivity index (χ1n) is 7.21. The summed E-state index contributed by atoms with van der Waals surface area (Å²) in [6.45, 7) is 4.48. The molecule has 2 aromatic rings. The smallest absolute Gasteiger partial charge is 0.0323 e. The zero-order valence-electron chi connectivity index (χ0n) is 11.8. The van der Waals surface area contributed by atoms with Crippen molar-refractivity contribution in [2.24, 2.45) is 0 Å². The molecule has 100 valence electrons. The van der Waals surface area contributed by atoms with E-state index in [1.54, 1.807) is 0 Å². The maximum Gasteiger partial charge on any atom is 0.0323 e. The molecule has 0 aliphatic carbocycles. The van der Waals surface area contributed by atoms with Gasteiger partial charge in [0.15, 0.2) is 0 Å². The van der Waals surface area contributed by atoms with Crippen LogP contribution in [0.25, 0.3) is 0 Å². The maximum absolute atomic E-state index is 3.79. The van der Waals surface area contributed by atoms with Gasteiger partial charge in [-0.1, -0.05) is 74.5 Å². The predicted molar refractivity (Wildman–Crippen MR) is 82.1 cm³/mol. The third-order valence-electron chi connectivity index (χ3n) is 3.62. The van der Waals surface area contributed by atoms with Gasteiger partial charge in [-0.25, -0.2) is 0 Å². The first-order valence-corrected chi connectivity index (χ1v) is 7.21. The van der Waals surface area contributed by atoms with Gasteiger partial charge in [-0.2, -0.15) is 0 Å². The van der Waals surface area contributed by atoms with Crippen molar-refractivity contribution in [1.29, 1.82) is 0 Å². The van der Waals surface area contributed by atoms with Crippen LogP contribution in [0, 0.1) is 0 Å². The Morgan fingerprint density at radius 2 is 1.05 bits per heavy atom. The lowest BCUT2D eigenvalue weighted by Crippen LogP contribution is -2.25. The Morgan fingerprint density at radius 3 is 1.37 bits per heavy atom. The van der Waals surface area contributed by atoms with Crippen molar-refractivity contribution in [3.05, 3.63) is 71.8 Å². The molecule has 0 heterocycles. The summed E-state index contributed by atoms with van der Waals surface area (Å²) in [6.07, 6.45) is 2.21. The lowest BCUT2D eigenvalue weighted by Gasteiger charge is -2.25. The van der Waals surface area contributed by atoms with Crippen LogP contribution in [-0.2, 0) is 0 Å². The quantitative estimate of drug-likeness (QED) is 0.773. The molecule has 0 amide bonds. The van der Waals surface area contributed by atoms with Gasteiger partial charge in [-0.3, -0.25) is 0 Å². The van der Waals surface area contributed by atoms with Crippen LogP contribution in [0.5, 0.6) is 0 Å². The van der Waals surface area contributed by atoms with Crippen molar-refractivity contribution in [3.63, 3.8) is 0 Å². The Kier molecular flexibility index (Phi) is 5.17. The molecule has 0 fully saturated rings. The molecule has 1 nitrogen and oxygen atoms in total. The van der Waals surface area contributed by atoms with Crippen LogP contribution in [0.3, 0.4) is 0 Å². The van der Waals surface area contributed by atoms with Crippen molar-refractivity contribution in [1.82, 2.24) is 5.32 Å². The molecule has 2 aromatic carbocycles. The number of hydrogen-bond acceptors (Lipinski definition) is 1. The van der Waals surface area contributed by atoms with Crippen LogP contribution in [0.15, 0.2) is 60.7 Å². The summed E-state index contributed by atoms with van der Waals surface area (Å²) >= 11 is 0. The van der Waals surface area contributed by atoms with E-state index in [1.165, 1.54) is 11.1 Å². The molecule has 0 radical (unpaired) electrons. The van der Waals surface area contributed by atoms with E-state index in [1.807, 2.05) is 0 Å². The normalized spacial score (nSPS) is 14.0. The fourth-order valence-corrected chi connectivity index (χ4v) is 2.51. The van der Waals surface area contributed by atoms with E-state index in [-0.39, 0.29) is 0 Å². The Morgan fingerprint density at radius 1 is 0.684 bits per heavy atom. The SMILES string of the molecule is CC[C@@H](N[C@H](CC)c1ccccc1)c1ccccc1. The van der Waals surface area contributed by atoms with Gasteiger partial charge in [0.25, 0.3) is 0 Å². The largest absolute Gasteiger partial charge is 0.303 e. The number of benzene rings is 2. The van der Waals surface area contributed by atoms with Gasteiger partial charge in [-0.15, -0.1) is 0 Å². The second-order valence-electron chi connectivity index (χ2n) is 4.91. The second-order valence-corrected chi connectivity index (χ2v) is 4.91. The first-order chi connectivity index (χ1) is 9.35. The summed E-state index contributed by atoms with van der Waals surface area (Å²) < 4.78 is 0. The summed E-state index contributed by atoms with van der Waals surface area (Å²) in [4.78, 5) is 0. The van der Waals surface area contributed by atoms with Crippen LogP contribution < -0.4 is 5.32 Å². The molecule has 0 saturated carbocycles. The van der Waals surface area contributed by atoms with Crippen LogP contribution >= 0.6 is 0 Å². The van der Waals surface area contributed by atoms with E-state index in [0.717, 1.165) is 12.8 Å². The highest BCUT2D eigenvalue weighted by atomic mass is 14.9. The van der Waals surface area contributed by atoms with Crippen molar-refractivity contribution < 1.29 is 0 Å². The monoisotopic (exact) mass is 253 g/mol. The average molecular weight is 253 g/mol. The van der Waals surface area contributed by atoms with Crippen molar-refractivity contribution in [2.75, 3.05) is 0 Å². The number of nitrogens with one attached hydrogen (secondary N) is 1. The van der Waals surface area contributed by atoms with E-state index < -0.39 is 0 Å². The molecule has 0 unspecified atom stereocenters. The van der Waals surface area contributed by atoms with E-state index in [2.05, 4.69) is 79.8 Å². The van der Waals surface area contributed by atoms with Crippen molar-refractivity contribution >= 4 is 0 Å². The van der Waals surface area contributed by atoms with E-state index in [0.29, 0.717) is 12.1 Å². The van der Waals surface area contributed by atoms with Gasteiger partial charge in [0, 0.05) is 12.1 Å². The van der Waals surface area contributed by atoms with Gasteiger partial charge < -0.3 is 5.32 Å². The summed E-state index contributed by atoms with van der Waals surface area (Å²) in [5.41, 5.74) is 2.75. The second kappa shape index (κ2) is 7.10. The van der Waals surface area contributed by atoms with Crippen LogP contribution in [0.2, 0.25) is 0 Å². The summed E-state index contributed by atoms with van der Waals surface area (Å²) in [7, 11) is 0. The molecule has 0 aliphatic heterocycles.